The fourth-order valence-electron chi connectivity index (χ4n) is 1.73. The van der Waals surface area contributed by atoms with Crippen LogP contribution in [0.2, 0.25) is 0 Å². The molecule has 0 aliphatic rings. The minimum absolute atomic E-state index is 0.0875. The monoisotopic (exact) mass is 322 g/mol. The second-order valence-corrected chi connectivity index (χ2v) is 4.67. The third-order valence-corrected chi connectivity index (χ3v) is 3.05. The summed E-state index contributed by atoms with van der Waals surface area (Å²) in [6, 6.07) is 0.536. The van der Waals surface area contributed by atoms with Crippen molar-refractivity contribution in [3.8, 4) is 0 Å². The third-order valence-electron chi connectivity index (χ3n) is 3.05. The van der Waals surface area contributed by atoms with Gasteiger partial charge in [-0.3, -0.25) is 24.3 Å². The number of hydrogen-bond donors (Lipinski definition) is 2. The number of carboxylic acid groups (broad SMARTS) is 1. The van der Waals surface area contributed by atoms with Crippen LogP contribution in [0.4, 0.5) is 5.69 Å². The Hall–Kier alpha value is -3.24. The highest BCUT2D eigenvalue weighted by atomic mass is 16.6. The van der Waals surface area contributed by atoms with Gasteiger partial charge in [-0.15, -0.1) is 0 Å². The van der Waals surface area contributed by atoms with Crippen LogP contribution in [-0.4, -0.2) is 48.0 Å². The molecular weight excluding hydrogens is 308 g/mol. The molecule has 1 atom stereocenters. The van der Waals surface area contributed by atoms with Gasteiger partial charge in [-0.1, -0.05) is 0 Å². The smallest absolute Gasteiger partial charge is 0.328 e. The van der Waals surface area contributed by atoms with Crippen LogP contribution in [0.25, 0.3) is 0 Å². The lowest BCUT2D eigenvalue weighted by atomic mass is 10.3. The number of nitrogens with zero attached hydrogens (tertiary/aromatic N) is 5. The molecule has 1 unspecified atom stereocenters. The molecule has 2 aromatic heterocycles. The molecule has 0 radical (unpaired) electrons. The van der Waals surface area contributed by atoms with Crippen LogP contribution in [0, 0.1) is 10.1 Å². The average Bonchev–Trinajstić information content (AvgIpc) is 3.15. The molecule has 11 nitrogen and oxygen atoms in total. The number of amides is 1. The molecule has 0 saturated carbocycles. The zero-order chi connectivity index (χ0) is 17.0. The van der Waals surface area contributed by atoms with E-state index in [0.29, 0.717) is 0 Å². The van der Waals surface area contributed by atoms with Gasteiger partial charge >= 0.3 is 11.7 Å². The Morgan fingerprint density at radius 3 is 2.87 bits per heavy atom. The predicted octanol–water partition coefficient (Wildman–Crippen LogP) is 0.0634. The summed E-state index contributed by atoms with van der Waals surface area (Å²) in [4.78, 5) is 32.7. The van der Waals surface area contributed by atoms with Gasteiger partial charge in [0, 0.05) is 12.7 Å². The van der Waals surface area contributed by atoms with Gasteiger partial charge in [0.2, 0.25) is 0 Å². The number of hydrogen-bond acceptors (Lipinski definition) is 6. The van der Waals surface area contributed by atoms with Crippen molar-refractivity contribution in [1.82, 2.24) is 24.9 Å². The van der Waals surface area contributed by atoms with E-state index in [2.05, 4.69) is 15.5 Å². The van der Waals surface area contributed by atoms with Crippen LogP contribution in [0.5, 0.6) is 0 Å². The van der Waals surface area contributed by atoms with E-state index in [1.165, 1.54) is 34.7 Å². The summed E-state index contributed by atoms with van der Waals surface area (Å²) in [6.07, 6.45) is 3.79. The van der Waals surface area contributed by atoms with Crippen molar-refractivity contribution in [2.24, 2.45) is 0 Å². The Balaban J connectivity index is 1.87. The topological polar surface area (TPSA) is 145 Å². The molecule has 0 aromatic carbocycles. The zero-order valence-corrected chi connectivity index (χ0v) is 12.1. The molecule has 0 saturated heterocycles. The molecule has 0 spiro atoms. The van der Waals surface area contributed by atoms with Crippen molar-refractivity contribution in [3.05, 3.63) is 40.5 Å². The van der Waals surface area contributed by atoms with Gasteiger partial charge in [0.25, 0.3) is 5.91 Å². The number of nitrogens with one attached hydrogen (secondary N) is 1. The van der Waals surface area contributed by atoms with Crippen molar-refractivity contribution < 1.29 is 19.6 Å². The average molecular weight is 322 g/mol. The first kappa shape index (κ1) is 16.1. The van der Waals surface area contributed by atoms with Gasteiger partial charge < -0.3 is 10.4 Å². The van der Waals surface area contributed by atoms with E-state index < -0.39 is 22.8 Å². The second kappa shape index (κ2) is 6.68. The van der Waals surface area contributed by atoms with E-state index in [9.17, 15) is 19.7 Å². The molecule has 0 bridgehead atoms. The maximum absolute atomic E-state index is 11.9. The van der Waals surface area contributed by atoms with Crippen LogP contribution in [0.3, 0.4) is 0 Å². The third kappa shape index (κ3) is 3.90. The van der Waals surface area contributed by atoms with Crippen molar-refractivity contribution in [3.63, 3.8) is 0 Å². The lowest BCUT2D eigenvalue weighted by Crippen LogP contribution is -2.28. The first-order chi connectivity index (χ1) is 10.9. The van der Waals surface area contributed by atoms with Gasteiger partial charge in [0.05, 0.1) is 11.5 Å². The van der Waals surface area contributed by atoms with Gasteiger partial charge in [0.1, 0.15) is 24.1 Å². The first-order valence-corrected chi connectivity index (χ1v) is 6.61. The summed E-state index contributed by atoms with van der Waals surface area (Å²) < 4.78 is 2.51. The minimum atomic E-state index is -1.06. The maximum Gasteiger partial charge on any atom is 0.328 e. The van der Waals surface area contributed by atoms with Crippen LogP contribution in [-0.2, 0) is 11.3 Å². The largest absolute Gasteiger partial charge is 0.480 e. The summed E-state index contributed by atoms with van der Waals surface area (Å²) in [7, 11) is 0. The Morgan fingerprint density at radius 2 is 2.26 bits per heavy atom. The minimum Gasteiger partial charge on any atom is -0.480 e. The highest BCUT2D eigenvalue weighted by Crippen LogP contribution is 2.07. The second-order valence-electron chi connectivity index (χ2n) is 4.67. The fourth-order valence-corrected chi connectivity index (χ4v) is 1.73. The molecule has 2 heterocycles. The van der Waals surface area contributed by atoms with E-state index in [0.717, 1.165) is 6.20 Å². The number of nitro groups is 1. The molecule has 2 rings (SSSR count). The normalized spacial score (nSPS) is 11.9. The number of rotatable bonds is 7. The lowest BCUT2D eigenvalue weighted by molar-refractivity contribution is -0.385. The summed E-state index contributed by atoms with van der Waals surface area (Å²) >= 11 is 0. The van der Waals surface area contributed by atoms with Crippen LogP contribution in [0.1, 0.15) is 23.5 Å². The lowest BCUT2D eigenvalue weighted by Gasteiger charge is -2.06. The Labute approximate surface area is 129 Å². The number of aliphatic carboxylic acids is 1. The van der Waals surface area contributed by atoms with Gasteiger partial charge in [-0.25, -0.2) is 4.79 Å². The van der Waals surface area contributed by atoms with Crippen molar-refractivity contribution >= 4 is 17.6 Å². The highest BCUT2D eigenvalue weighted by Gasteiger charge is 2.16. The van der Waals surface area contributed by atoms with Crippen molar-refractivity contribution in [2.75, 3.05) is 6.54 Å². The number of aromatic nitrogens is 4. The molecule has 0 aliphatic heterocycles. The zero-order valence-electron chi connectivity index (χ0n) is 12.1. The molecule has 2 N–H and O–H groups in total. The molecule has 0 aliphatic carbocycles. The van der Waals surface area contributed by atoms with Gasteiger partial charge in [-0.05, 0) is 13.0 Å². The SMILES string of the molecule is CC(C(=O)O)n1ccc(C(=O)NCCn2cc([N+](=O)[O-])cn2)n1. The predicted molar refractivity (Wildman–Crippen MR) is 75.8 cm³/mol. The molecule has 11 heteroatoms. The van der Waals surface area contributed by atoms with E-state index >= 15 is 0 Å². The van der Waals surface area contributed by atoms with Crippen molar-refractivity contribution in [2.45, 2.75) is 19.5 Å². The van der Waals surface area contributed by atoms with E-state index in [1.54, 1.807) is 0 Å². The molecule has 2 aromatic rings. The molecule has 122 valence electrons. The Bertz CT molecular complexity index is 736. The Kier molecular flexibility index (Phi) is 4.69. The quantitative estimate of drug-likeness (QED) is 0.541. The van der Waals surface area contributed by atoms with Crippen molar-refractivity contribution in [1.29, 1.82) is 0 Å². The maximum atomic E-state index is 11.9. The van der Waals surface area contributed by atoms with Crippen LogP contribution < -0.4 is 5.32 Å². The van der Waals surface area contributed by atoms with Gasteiger partial charge in [-0.2, -0.15) is 10.2 Å². The van der Waals surface area contributed by atoms with E-state index in [1.807, 2.05) is 0 Å². The standard InChI is InChI=1S/C12H14N6O5/c1-8(12(20)21)17-4-2-10(15-17)11(19)13-3-5-16-7-9(6-14-16)18(22)23/h2,4,6-8H,3,5H2,1H3,(H,13,19)(H,20,21). The first-order valence-electron chi connectivity index (χ1n) is 6.61. The number of carbonyl (C=O) groups is 2. The Morgan fingerprint density at radius 1 is 1.52 bits per heavy atom. The highest BCUT2D eigenvalue weighted by molar-refractivity contribution is 5.92. The molecule has 1 amide bonds. The summed E-state index contributed by atoms with van der Waals surface area (Å²) in [5.74, 6) is -1.52. The van der Waals surface area contributed by atoms with Crippen LogP contribution in [0.15, 0.2) is 24.7 Å². The van der Waals surface area contributed by atoms with Crippen LogP contribution >= 0.6 is 0 Å². The summed E-state index contributed by atoms with van der Waals surface area (Å²) in [5, 5.41) is 29.7. The summed E-state index contributed by atoms with van der Waals surface area (Å²) in [5.41, 5.74) is -0.0396. The number of carboxylic acids is 1. The van der Waals surface area contributed by atoms with E-state index in [-0.39, 0.29) is 24.5 Å². The molecular formula is C12H14N6O5. The summed E-state index contributed by atoms with van der Waals surface area (Å²) in [6.45, 7) is 1.90. The number of carbonyl (C=O) groups excluding carboxylic acids is 1. The van der Waals surface area contributed by atoms with E-state index in [4.69, 9.17) is 5.11 Å². The molecule has 0 fully saturated rings. The molecule has 23 heavy (non-hydrogen) atoms. The fraction of sp³-hybridized carbons (Fsp3) is 0.333. The van der Waals surface area contributed by atoms with Gasteiger partial charge in [0.15, 0.2) is 0 Å².